The molecule has 0 aromatic rings. The van der Waals surface area contributed by atoms with Crippen molar-refractivity contribution >= 4 is 17.6 Å². The summed E-state index contributed by atoms with van der Waals surface area (Å²) in [7, 11) is 0. The maximum absolute atomic E-state index is 11.4. The van der Waals surface area contributed by atoms with Crippen LogP contribution >= 0.6 is 11.6 Å². The minimum Gasteiger partial charge on any atom is -0.458 e. The maximum Gasteiger partial charge on any atom is 0.321 e. The van der Waals surface area contributed by atoms with Crippen molar-refractivity contribution in [3.8, 4) is 0 Å². The summed E-state index contributed by atoms with van der Waals surface area (Å²) in [5.41, 5.74) is 2.01. The number of ether oxygens (including phenoxy) is 1. The van der Waals surface area contributed by atoms with E-state index in [2.05, 4.69) is 13.0 Å². The van der Waals surface area contributed by atoms with Gasteiger partial charge >= 0.3 is 5.97 Å². The Morgan fingerprint density at radius 1 is 1.53 bits per heavy atom. The first-order chi connectivity index (χ1) is 8.88. The van der Waals surface area contributed by atoms with Crippen LogP contribution in [0.15, 0.2) is 35.5 Å². The van der Waals surface area contributed by atoms with Gasteiger partial charge in [-0.05, 0) is 18.6 Å². The minimum atomic E-state index is -0.790. The fourth-order valence-corrected chi connectivity index (χ4v) is 2.97. The minimum absolute atomic E-state index is 0.0189. The van der Waals surface area contributed by atoms with Crippen molar-refractivity contribution in [3.05, 3.63) is 35.5 Å². The van der Waals surface area contributed by atoms with E-state index in [1.54, 1.807) is 6.08 Å². The van der Waals surface area contributed by atoms with Crippen LogP contribution in [0.4, 0.5) is 0 Å². The zero-order valence-corrected chi connectivity index (χ0v) is 12.1. The molecule has 1 N–H and O–H groups in total. The van der Waals surface area contributed by atoms with Crippen molar-refractivity contribution in [1.29, 1.82) is 0 Å². The average Bonchev–Trinajstić information content (AvgIpc) is 2.36. The van der Waals surface area contributed by atoms with Gasteiger partial charge in [0.15, 0.2) is 0 Å². The van der Waals surface area contributed by atoms with E-state index in [0.717, 1.165) is 5.57 Å². The molecule has 4 atom stereocenters. The Morgan fingerprint density at radius 3 is 2.84 bits per heavy atom. The second-order valence-electron chi connectivity index (χ2n) is 5.49. The zero-order valence-electron chi connectivity index (χ0n) is 11.4. The number of aliphatic hydroxyl groups is 1. The molecule has 2 aliphatic carbocycles. The van der Waals surface area contributed by atoms with E-state index < -0.39 is 18.2 Å². The van der Waals surface area contributed by atoms with Gasteiger partial charge in [-0.2, -0.15) is 0 Å². The van der Waals surface area contributed by atoms with Gasteiger partial charge < -0.3 is 9.84 Å². The summed E-state index contributed by atoms with van der Waals surface area (Å²) in [6.07, 6.45) is 6.63. The van der Waals surface area contributed by atoms with E-state index in [-0.39, 0.29) is 17.2 Å². The molecule has 0 aromatic carbocycles. The SMILES string of the molecule is CC1=C[C@@]2(C)C(=C[C@H](O)[C@H](OC(=O)CCl)[C@@H]2C)C=C1. The molecule has 0 saturated carbocycles. The van der Waals surface area contributed by atoms with E-state index in [4.69, 9.17) is 16.3 Å². The largest absolute Gasteiger partial charge is 0.458 e. The van der Waals surface area contributed by atoms with Gasteiger partial charge in [-0.15, -0.1) is 11.6 Å². The van der Waals surface area contributed by atoms with Crippen molar-refractivity contribution in [3.63, 3.8) is 0 Å². The number of alkyl halides is 1. The van der Waals surface area contributed by atoms with Crippen molar-refractivity contribution in [2.45, 2.75) is 33.0 Å². The Hall–Kier alpha value is -1.06. The second-order valence-corrected chi connectivity index (χ2v) is 5.76. The third-order valence-corrected chi connectivity index (χ3v) is 4.40. The molecule has 0 aliphatic heterocycles. The number of hydrogen-bond acceptors (Lipinski definition) is 3. The molecule has 0 saturated heterocycles. The van der Waals surface area contributed by atoms with Gasteiger partial charge in [-0.1, -0.05) is 37.6 Å². The molecular weight excluding hydrogens is 264 g/mol. The summed E-state index contributed by atoms with van der Waals surface area (Å²) in [5.74, 6) is -0.711. The van der Waals surface area contributed by atoms with Gasteiger partial charge in [0, 0.05) is 11.3 Å². The Balaban J connectivity index is 2.35. The van der Waals surface area contributed by atoms with Crippen LogP contribution in [0.1, 0.15) is 20.8 Å². The lowest BCUT2D eigenvalue weighted by Crippen LogP contribution is -2.47. The predicted molar refractivity (Wildman–Crippen MR) is 74.9 cm³/mol. The van der Waals surface area contributed by atoms with Crippen molar-refractivity contribution in [1.82, 2.24) is 0 Å². The molecule has 0 aromatic heterocycles. The van der Waals surface area contributed by atoms with Gasteiger partial charge in [0.1, 0.15) is 18.1 Å². The third-order valence-electron chi connectivity index (χ3n) is 4.18. The number of esters is 1. The van der Waals surface area contributed by atoms with Gasteiger partial charge in [-0.25, -0.2) is 0 Å². The number of rotatable bonds is 2. The number of fused-ring (bicyclic) bond motifs is 1. The summed E-state index contributed by atoms with van der Waals surface area (Å²) >= 11 is 5.47. The molecule has 104 valence electrons. The average molecular weight is 283 g/mol. The third kappa shape index (κ3) is 2.49. The highest BCUT2D eigenvalue weighted by molar-refractivity contribution is 6.26. The first-order valence-corrected chi connectivity index (χ1v) is 6.95. The highest BCUT2D eigenvalue weighted by Crippen LogP contribution is 2.47. The molecule has 0 bridgehead atoms. The molecular formula is C15H19ClO3. The van der Waals surface area contributed by atoms with Crippen molar-refractivity contribution < 1.29 is 14.6 Å². The Kier molecular flexibility index (Phi) is 3.88. The van der Waals surface area contributed by atoms with Crippen LogP contribution in [-0.2, 0) is 9.53 Å². The Labute approximate surface area is 118 Å². The molecule has 0 heterocycles. The molecule has 0 fully saturated rings. The van der Waals surface area contributed by atoms with Crippen LogP contribution in [0.3, 0.4) is 0 Å². The standard InChI is InChI=1S/C15H19ClO3/c1-9-4-5-11-6-12(17)14(19-13(18)8-16)10(2)15(11,3)7-9/h4-7,10,12,14,17H,8H2,1-3H3/t10-,12-,14+,15+/m0/s1. The number of carbonyl (C=O) groups excluding carboxylic acids is 1. The van der Waals surface area contributed by atoms with Crippen LogP contribution in [0.25, 0.3) is 0 Å². The monoisotopic (exact) mass is 282 g/mol. The lowest BCUT2D eigenvalue weighted by Gasteiger charge is -2.45. The molecule has 0 unspecified atom stereocenters. The predicted octanol–water partition coefficient (Wildman–Crippen LogP) is 2.60. The van der Waals surface area contributed by atoms with E-state index in [0.29, 0.717) is 0 Å². The maximum atomic E-state index is 11.4. The van der Waals surface area contributed by atoms with E-state index in [1.807, 2.05) is 26.0 Å². The lowest BCUT2D eigenvalue weighted by molar-refractivity contribution is -0.157. The summed E-state index contributed by atoms with van der Waals surface area (Å²) in [5, 5.41) is 10.2. The van der Waals surface area contributed by atoms with Crippen LogP contribution in [0.2, 0.25) is 0 Å². The number of halogens is 1. The van der Waals surface area contributed by atoms with E-state index >= 15 is 0 Å². The fraction of sp³-hybridized carbons (Fsp3) is 0.533. The molecule has 2 rings (SSSR count). The Bertz CT molecular complexity index is 478. The summed E-state index contributed by atoms with van der Waals surface area (Å²) in [6.45, 7) is 6.13. The quantitative estimate of drug-likeness (QED) is 0.625. The lowest BCUT2D eigenvalue weighted by atomic mass is 9.63. The second kappa shape index (κ2) is 5.14. The molecule has 19 heavy (non-hydrogen) atoms. The summed E-state index contributed by atoms with van der Waals surface area (Å²) in [6, 6.07) is 0. The first-order valence-electron chi connectivity index (χ1n) is 6.42. The Morgan fingerprint density at radius 2 is 2.21 bits per heavy atom. The molecule has 3 nitrogen and oxygen atoms in total. The zero-order chi connectivity index (χ0) is 14.2. The number of carbonyl (C=O) groups is 1. The highest BCUT2D eigenvalue weighted by atomic mass is 35.5. The topological polar surface area (TPSA) is 46.5 Å². The molecule has 0 amide bonds. The van der Waals surface area contributed by atoms with Crippen LogP contribution < -0.4 is 0 Å². The molecule has 2 aliphatic rings. The number of aliphatic hydroxyl groups excluding tert-OH is 1. The van der Waals surface area contributed by atoms with Crippen LogP contribution in [0.5, 0.6) is 0 Å². The van der Waals surface area contributed by atoms with Gasteiger partial charge in [-0.3, -0.25) is 4.79 Å². The van der Waals surface area contributed by atoms with Gasteiger partial charge in [0.2, 0.25) is 0 Å². The normalized spacial score (nSPS) is 37.2. The number of hydrogen-bond donors (Lipinski definition) is 1. The molecule has 4 heteroatoms. The molecule has 0 spiro atoms. The summed E-state index contributed by atoms with van der Waals surface area (Å²) < 4.78 is 5.30. The first kappa shape index (κ1) is 14.4. The van der Waals surface area contributed by atoms with Crippen molar-refractivity contribution in [2.24, 2.45) is 11.3 Å². The molecule has 0 radical (unpaired) electrons. The van der Waals surface area contributed by atoms with Crippen molar-refractivity contribution in [2.75, 3.05) is 5.88 Å². The van der Waals surface area contributed by atoms with Gasteiger partial charge in [0.05, 0.1) is 0 Å². The highest BCUT2D eigenvalue weighted by Gasteiger charge is 2.45. The fourth-order valence-electron chi connectivity index (χ4n) is 2.91. The van der Waals surface area contributed by atoms with E-state index in [1.165, 1.54) is 5.57 Å². The smallest absolute Gasteiger partial charge is 0.321 e. The van der Waals surface area contributed by atoms with E-state index in [9.17, 15) is 9.90 Å². The van der Waals surface area contributed by atoms with Crippen LogP contribution in [0, 0.1) is 11.3 Å². The van der Waals surface area contributed by atoms with Crippen LogP contribution in [-0.4, -0.2) is 29.2 Å². The van der Waals surface area contributed by atoms with Gasteiger partial charge in [0.25, 0.3) is 0 Å². The number of allylic oxidation sites excluding steroid dienone is 5. The summed E-state index contributed by atoms with van der Waals surface area (Å²) in [4.78, 5) is 11.4.